The zero-order chi connectivity index (χ0) is 26.6. The largest absolute Gasteiger partial charge is 0.496 e. The van der Waals surface area contributed by atoms with E-state index in [2.05, 4.69) is 56.0 Å². The monoisotopic (exact) mass is 528 g/mol. The van der Waals surface area contributed by atoms with E-state index in [1.807, 2.05) is 18.2 Å². The van der Waals surface area contributed by atoms with Gasteiger partial charge in [0.25, 0.3) is 0 Å². The van der Waals surface area contributed by atoms with Crippen LogP contribution in [0.1, 0.15) is 43.1 Å². The van der Waals surface area contributed by atoms with Crippen LogP contribution in [0.5, 0.6) is 5.75 Å². The average Bonchev–Trinajstić information content (AvgIpc) is 3.64. The van der Waals surface area contributed by atoms with Crippen LogP contribution in [-0.4, -0.2) is 89.1 Å². The van der Waals surface area contributed by atoms with Crippen molar-refractivity contribution >= 4 is 11.0 Å². The number of nitrogens with zero attached hydrogens (tertiary/aromatic N) is 5. The van der Waals surface area contributed by atoms with E-state index in [4.69, 9.17) is 19.6 Å². The Bertz CT molecular complexity index is 1360. The van der Waals surface area contributed by atoms with E-state index < -0.39 is 0 Å². The Morgan fingerprint density at radius 3 is 2.51 bits per heavy atom. The molecule has 1 saturated heterocycles. The van der Waals surface area contributed by atoms with Crippen LogP contribution in [0.2, 0.25) is 0 Å². The third-order valence-electron chi connectivity index (χ3n) is 8.56. The van der Waals surface area contributed by atoms with Crippen molar-refractivity contribution in [1.82, 2.24) is 29.5 Å². The second-order valence-corrected chi connectivity index (χ2v) is 10.9. The summed E-state index contributed by atoms with van der Waals surface area (Å²) in [6.45, 7) is 6.57. The zero-order valence-corrected chi connectivity index (χ0v) is 23.2. The summed E-state index contributed by atoms with van der Waals surface area (Å²) >= 11 is 0. The van der Waals surface area contributed by atoms with Crippen LogP contribution in [-0.2, 0) is 11.2 Å². The van der Waals surface area contributed by atoms with Crippen LogP contribution in [0, 0.1) is 0 Å². The lowest BCUT2D eigenvalue weighted by Gasteiger charge is -2.42. The molecule has 0 bridgehead atoms. The Hall–Kier alpha value is -3.20. The second-order valence-electron chi connectivity index (χ2n) is 10.9. The van der Waals surface area contributed by atoms with Gasteiger partial charge in [-0.25, -0.2) is 4.98 Å². The number of methoxy groups -OCH3 is 2. The summed E-state index contributed by atoms with van der Waals surface area (Å²) in [7, 11) is 3.50. The summed E-state index contributed by atoms with van der Waals surface area (Å²) in [6, 6.07) is 17.8. The van der Waals surface area contributed by atoms with Crippen LogP contribution < -0.4 is 4.74 Å². The number of ether oxygens (including phenoxy) is 2. The fourth-order valence-electron chi connectivity index (χ4n) is 6.29. The SMILES string of the molecule is COCCN1CCN(C2CCC(n3ccc(-c4ccc5nc(Cc6ccccc6OC)[nH]c5c4)n3)CC2)CC1. The Morgan fingerprint density at radius 2 is 1.72 bits per heavy atom. The highest BCUT2D eigenvalue weighted by Crippen LogP contribution is 2.32. The molecule has 0 radical (unpaired) electrons. The number of aromatic amines is 1. The van der Waals surface area contributed by atoms with Gasteiger partial charge in [-0.3, -0.25) is 14.5 Å². The van der Waals surface area contributed by atoms with Crippen molar-refractivity contribution in [2.45, 2.75) is 44.2 Å². The number of rotatable bonds is 9. The minimum atomic E-state index is 0.487. The van der Waals surface area contributed by atoms with E-state index in [9.17, 15) is 0 Å². The number of H-pyrrole nitrogens is 1. The minimum absolute atomic E-state index is 0.487. The van der Waals surface area contributed by atoms with Crippen LogP contribution in [0.25, 0.3) is 22.3 Å². The third kappa shape index (κ3) is 5.88. The van der Waals surface area contributed by atoms with Crippen LogP contribution in [0.4, 0.5) is 0 Å². The molecule has 0 unspecified atom stereocenters. The fourth-order valence-corrected chi connectivity index (χ4v) is 6.29. The van der Waals surface area contributed by atoms with Crippen molar-refractivity contribution in [3.63, 3.8) is 0 Å². The van der Waals surface area contributed by atoms with Gasteiger partial charge in [0.05, 0.1) is 36.5 Å². The maximum absolute atomic E-state index is 5.51. The number of piperazine rings is 1. The molecule has 8 heteroatoms. The topological polar surface area (TPSA) is 71.4 Å². The highest BCUT2D eigenvalue weighted by Gasteiger charge is 2.29. The van der Waals surface area contributed by atoms with Gasteiger partial charge in [0.1, 0.15) is 11.6 Å². The molecule has 0 atom stereocenters. The standard InChI is InChI=1S/C31H40N6O2/c1-38-20-19-35-15-17-36(18-16-35)25-8-10-26(11-9-25)37-14-13-27(34-37)23-7-12-28-29(21-23)33-31(32-28)22-24-5-3-4-6-30(24)39-2/h3-7,12-14,21,25-26H,8-11,15-20,22H2,1-2H3,(H,32,33). The van der Waals surface area contributed by atoms with Gasteiger partial charge in [-0.15, -0.1) is 0 Å². The average molecular weight is 529 g/mol. The molecule has 1 aliphatic heterocycles. The first kappa shape index (κ1) is 26.0. The first-order chi connectivity index (χ1) is 19.2. The van der Waals surface area contributed by atoms with E-state index in [0.717, 1.165) is 65.7 Å². The Balaban J connectivity index is 1.07. The maximum atomic E-state index is 5.51. The summed E-state index contributed by atoms with van der Waals surface area (Å²) in [5.41, 5.74) is 5.27. The van der Waals surface area contributed by atoms with E-state index >= 15 is 0 Å². The molecule has 0 amide bonds. The zero-order valence-electron chi connectivity index (χ0n) is 23.2. The quantitative estimate of drug-likeness (QED) is 0.337. The molecular formula is C31H40N6O2. The molecular weight excluding hydrogens is 488 g/mol. The van der Waals surface area contributed by atoms with Gasteiger partial charge in [0, 0.05) is 69.6 Å². The normalized spacial score (nSPS) is 21.0. The number of aromatic nitrogens is 4. The number of hydrogen-bond acceptors (Lipinski definition) is 6. The van der Waals surface area contributed by atoms with Crippen molar-refractivity contribution in [2.24, 2.45) is 0 Å². The van der Waals surface area contributed by atoms with Gasteiger partial charge in [-0.1, -0.05) is 24.3 Å². The molecule has 8 nitrogen and oxygen atoms in total. The van der Waals surface area contributed by atoms with E-state index in [1.165, 1.54) is 38.8 Å². The highest BCUT2D eigenvalue weighted by molar-refractivity contribution is 5.81. The number of para-hydroxylation sites is 1. The molecule has 2 aliphatic rings. The summed E-state index contributed by atoms with van der Waals surface area (Å²) in [6.07, 6.45) is 7.77. The molecule has 39 heavy (non-hydrogen) atoms. The molecule has 3 heterocycles. The minimum Gasteiger partial charge on any atom is -0.496 e. The lowest BCUT2D eigenvalue weighted by atomic mass is 9.90. The Kier molecular flexibility index (Phi) is 7.95. The van der Waals surface area contributed by atoms with Crippen molar-refractivity contribution in [3.8, 4) is 17.0 Å². The van der Waals surface area contributed by atoms with Crippen molar-refractivity contribution in [3.05, 3.63) is 66.1 Å². The van der Waals surface area contributed by atoms with Gasteiger partial charge in [0.2, 0.25) is 0 Å². The Morgan fingerprint density at radius 1 is 0.923 bits per heavy atom. The second kappa shape index (κ2) is 11.9. The van der Waals surface area contributed by atoms with Gasteiger partial charge >= 0.3 is 0 Å². The van der Waals surface area contributed by atoms with Gasteiger partial charge < -0.3 is 14.5 Å². The Labute approximate surface area is 230 Å². The summed E-state index contributed by atoms with van der Waals surface area (Å²) in [5, 5.41) is 5.02. The van der Waals surface area contributed by atoms with E-state index in [-0.39, 0.29) is 0 Å². The predicted octanol–water partition coefficient (Wildman–Crippen LogP) is 4.77. The van der Waals surface area contributed by atoms with Gasteiger partial charge in [0.15, 0.2) is 0 Å². The van der Waals surface area contributed by atoms with Crippen molar-refractivity contribution < 1.29 is 9.47 Å². The molecule has 1 saturated carbocycles. The summed E-state index contributed by atoms with van der Waals surface area (Å²) in [4.78, 5) is 13.6. The van der Waals surface area contributed by atoms with E-state index in [0.29, 0.717) is 18.5 Å². The highest BCUT2D eigenvalue weighted by atomic mass is 16.5. The molecule has 6 rings (SSSR count). The van der Waals surface area contributed by atoms with Crippen LogP contribution >= 0.6 is 0 Å². The molecule has 2 fully saturated rings. The molecule has 206 valence electrons. The molecule has 4 aromatic rings. The first-order valence-electron chi connectivity index (χ1n) is 14.3. The number of imidazole rings is 1. The summed E-state index contributed by atoms with van der Waals surface area (Å²) < 4.78 is 13.0. The van der Waals surface area contributed by atoms with Crippen molar-refractivity contribution in [2.75, 3.05) is 53.6 Å². The molecule has 0 spiro atoms. The van der Waals surface area contributed by atoms with Crippen molar-refractivity contribution in [1.29, 1.82) is 0 Å². The van der Waals surface area contributed by atoms with Gasteiger partial charge in [-0.2, -0.15) is 5.10 Å². The number of hydrogen-bond donors (Lipinski definition) is 1. The molecule has 1 aliphatic carbocycles. The predicted molar refractivity (Wildman–Crippen MR) is 154 cm³/mol. The van der Waals surface area contributed by atoms with Gasteiger partial charge in [-0.05, 0) is 49.9 Å². The lowest BCUT2D eigenvalue weighted by molar-refractivity contribution is 0.0570. The van der Waals surface area contributed by atoms with Crippen LogP contribution in [0.3, 0.4) is 0 Å². The first-order valence-corrected chi connectivity index (χ1v) is 14.3. The smallest absolute Gasteiger partial charge is 0.122 e. The lowest BCUT2D eigenvalue weighted by Crippen LogP contribution is -2.51. The third-order valence-corrected chi connectivity index (χ3v) is 8.56. The fraction of sp³-hybridized carbons (Fsp3) is 0.484. The summed E-state index contributed by atoms with van der Waals surface area (Å²) in [5.74, 6) is 1.82. The molecule has 1 N–H and O–H groups in total. The van der Waals surface area contributed by atoms with Crippen LogP contribution in [0.15, 0.2) is 54.7 Å². The molecule has 2 aromatic heterocycles. The van der Waals surface area contributed by atoms with E-state index in [1.54, 1.807) is 14.2 Å². The number of fused-ring (bicyclic) bond motifs is 1. The maximum Gasteiger partial charge on any atom is 0.122 e. The number of nitrogens with one attached hydrogen (secondary N) is 1. The number of benzene rings is 2. The molecule has 2 aromatic carbocycles.